The fraction of sp³-hybridized carbons (Fsp3) is 0.0556. The van der Waals surface area contributed by atoms with Gasteiger partial charge in [0.1, 0.15) is 17.4 Å². The number of alkyl halides is 3. The maximum Gasteiger partial charge on any atom is 0.573 e. The second kappa shape index (κ2) is 8.29. The van der Waals surface area contributed by atoms with E-state index in [9.17, 15) is 23.2 Å². The average Bonchev–Trinajstić information content (AvgIpc) is 3.01. The first-order valence-corrected chi connectivity index (χ1v) is 9.26. The number of aromatic nitrogens is 1. The zero-order valence-corrected chi connectivity index (χ0v) is 16.4. The largest absolute Gasteiger partial charge is 0.573 e. The van der Waals surface area contributed by atoms with Crippen molar-refractivity contribution in [3.05, 3.63) is 57.6 Å². The predicted molar refractivity (Wildman–Crippen MR) is 105 cm³/mol. The molecule has 0 unspecified atom stereocenters. The molecule has 3 rings (SSSR count). The van der Waals surface area contributed by atoms with E-state index in [1.165, 1.54) is 18.2 Å². The monoisotopic (exact) mass is 457 g/mol. The summed E-state index contributed by atoms with van der Waals surface area (Å²) in [7, 11) is 0. The fourth-order valence-corrected chi connectivity index (χ4v) is 3.60. The Hall–Kier alpha value is -2.80. The number of nitrogens with one attached hydrogen (secondary N) is 1. The molecule has 3 aromatic rings. The van der Waals surface area contributed by atoms with Crippen LogP contribution in [0.3, 0.4) is 0 Å². The van der Waals surface area contributed by atoms with Gasteiger partial charge in [-0.05, 0) is 35.9 Å². The van der Waals surface area contributed by atoms with E-state index in [0.29, 0.717) is 20.8 Å². The zero-order valence-electron chi connectivity index (χ0n) is 14.1. The van der Waals surface area contributed by atoms with Crippen LogP contribution in [0.25, 0.3) is 16.3 Å². The molecule has 11 heteroatoms. The molecule has 0 aliphatic heterocycles. The highest BCUT2D eigenvalue weighted by molar-refractivity contribution is 7.22. The average molecular weight is 458 g/mol. The number of carbonyl (C=O) groups excluding carboxylic acids is 1. The molecule has 0 bridgehead atoms. The molecule has 5 nitrogen and oxygen atoms in total. The molecule has 29 heavy (non-hydrogen) atoms. The van der Waals surface area contributed by atoms with Gasteiger partial charge in [-0.3, -0.25) is 10.1 Å². The van der Waals surface area contributed by atoms with Crippen molar-refractivity contribution in [3.63, 3.8) is 0 Å². The van der Waals surface area contributed by atoms with Crippen molar-refractivity contribution in [2.24, 2.45) is 0 Å². The van der Waals surface area contributed by atoms with E-state index >= 15 is 0 Å². The number of nitriles is 1. The van der Waals surface area contributed by atoms with Crippen molar-refractivity contribution in [2.45, 2.75) is 6.36 Å². The summed E-state index contributed by atoms with van der Waals surface area (Å²) in [5.74, 6) is -1.15. The Morgan fingerprint density at radius 3 is 2.66 bits per heavy atom. The molecule has 0 aliphatic rings. The summed E-state index contributed by atoms with van der Waals surface area (Å²) in [6.45, 7) is 0. The molecule has 0 saturated heterocycles. The second-order valence-corrected chi connectivity index (χ2v) is 7.36. The number of hydrogen-bond donors (Lipinski definition) is 1. The van der Waals surface area contributed by atoms with Gasteiger partial charge >= 0.3 is 6.36 Å². The Morgan fingerprint density at radius 2 is 2.00 bits per heavy atom. The van der Waals surface area contributed by atoms with Gasteiger partial charge in [0.15, 0.2) is 5.13 Å². The Bertz CT molecular complexity index is 1170. The Balaban J connectivity index is 1.82. The molecule has 1 heterocycles. The lowest BCUT2D eigenvalue weighted by atomic mass is 10.1. The van der Waals surface area contributed by atoms with Crippen LogP contribution in [0.2, 0.25) is 10.0 Å². The smallest absolute Gasteiger partial charge is 0.406 e. The van der Waals surface area contributed by atoms with E-state index in [1.54, 1.807) is 18.2 Å². The number of anilines is 1. The molecule has 0 spiro atoms. The molecule has 1 amide bonds. The minimum absolute atomic E-state index is 0.109. The number of benzene rings is 2. The van der Waals surface area contributed by atoms with Gasteiger partial charge in [-0.25, -0.2) is 4.98 Å². The Kier molecular flexibility index (Phi) is 5.98. The highest BCUT2D eigenvalue weighted by Crippen LogP contribution is 2.32. The highest BCUT2D eigenvalue weighted by atomic mass is 35.5. The molecule has 0 fully saturated rings. The molecular formula is C18H8Cl2F3N3O2S. The normalized spacial score (nSPS) is 11.9. The number of halogens is 5. The molecule has 148 valence electrons. The predicted octanol–water partition coefficient (Wildman–Crippen LogP) is 6.05. The van der Waals surface area contributed by atoms with Crippen LogP contribution in [-0.2, 0) is 4.79 Å². The van der Waals surface area contributed by atoms with Crippen molar-refractivity contribution < 1.29 is 22.7 Å². The van der Waals surface area contributed by atoms with E-state index in [1.807, 2.05) is 0 Å². The molecule has 1 N–H and O–H groups in total. The SMILES string of the molecule is N#C/C(=C\c1ccc(Cl)cc1Cl)C(=O)Nc1nc2ccc(OC(F)(F)F)cc2s1. The van der Waals surface area contributed by atoms with Crippen LogP contribution >= 0.6 is 34.5 Å². The summed E-state index contributed by atoms with van der Waals surface area (Å²) in [5, 5.41) is 12.5. The van der Waals surface area contributed by atoms with Gasteiger partial charge in [0, 0.05) is 16.1 Å². The quantitative estimate of drug-likeness (QED) is 0.382. The summed E-state index contributed by atoms with van der Waals surface area (Å²) in [5.41, 5.74) is 0.540. The van der Waals surface area contributed by atoms with Crippen molar-refractivity contribution in [2.75, 3.05) is 5.32 Å². The number of thiazole rings is 1. The van der Waals surface area contributed by atoms with Crippen LogP contribution in [0.5, 0.6) is 5.75 Å². The summed E-state index contributed by atoms with van der Waals surface area (Å²) >= 11 is 12.8. The number of ether oxygens (including phenoxy) is 1. The first-order chi connectivity index (χ1) is 13.6. The van der Waals surface area contributed by atoms with Crippen LogP contribution in [0.1, 0.15) is 5.56 Å². The molecule has 0 atom stereocenters. The Labute approximate surface area is 175 Å². The minimum Gasteiger partial charge on any atom is -0.406 e. The summed E-state index contributed by atoms with van der Waals surface area (Å²) < 4.78 is 41.2. The standard InChI is InChI=1S/C18H8Cl2F3N3O2S/c19-11-2-1-9(13(20)6-11)5-10(8-24)16(27)26-17-25-14-4-3-12(7-15(14)29-17)28-18(21,22)23/h1-7H,(H,25,26,27)/b10-5+. The third-order valence-corrected chi connectivity index (χ3v) is 4.94. The molecule has 0 aliphatic carbocycles. The third-order valence-electron chi connectivity index (χ3n) is 3.44. The lowest BCUT2D eigenvalue weighted by molar-refractivity contribution is -0.274. The van der Waals surface area contributed by atoms with Gasteiger partial charge in [-0.15, -0.1) is 13.2 Å². The number of nitrogens with zero attached hydrogens (tertiary/aromatic N) is 2. The van der Waals surface area contributed by atoms with Crippen molar-refractivity contribution >= 4 is 61.9 Å². The number of amides is 1. The summed E-state index contributed by atoms with van der Waals surface area (Å²) in [6, 6.07) is 9.95. The van der Waals surface area contributed by atoms with Gasteiger partial charge in [0.25, 0.3) is 5.91 Å². The van der Waals surface area contributed by atoms with Gasteiger partial charge < -0.3 is 4.74 Å². The lowest BCUT2D eigenvalue weighted by Gasteiger charge is -2.07. The van der Waals surface area contributed by atoms with E-state index in [4.69, 9.17) is 23.2 Å². The van der Waals surface area contributed by atoms with E-state index < -0.39 is 18.0 Å². The molecule has 2 aromatic carbocycles. The number of carbonyl (C=O) groups is 1. The molecule has 0 radical (unpaired) electrons. The van der Waals surface area contributed by atoms with Gasteiger partial charge in [0.2, 0.25) is 0 Å². The van der Waals surface area contributed by atoms with E-state index in [2.05, 4.69) is 15.0 Å². The highest BCUT2D eigenvalue weighted by Gasteiger charge is 2.31. The van der Waals surface area contributed by atoms with Gasteiger partial charge in [-0.2, -0.15) is 5.26 Å². The first-order valence-electron chi connectivity index (χ1n) is 7.69. The molecule has 1 aromatic heterocycles. The van der Waals surface area contributed by atoms with Crippen LogP contribution in [-0.4, -0.2) is 17.3 Å². The molecule has 0 saturated carbocycles. The number of fused-ring (bicyclic) bond motifs is 1. The maximum atomic E-state index is 12.4. The van der Waals surface area contributed by atoms with Crippen molar-refractivity contribution in [1.82, 2.24) is 4.98 Å². The second-order valence-electron chi connectivity index (χ2n) is 5.49. The van der Waals surface area contributed by atoms with Crippen molar-refractivity contribution in [1.29, 1.82) is 5.26 Å². The number of hydrogen-bond acceptors (Lipinski definition) is 5. The Morgan fingerprint density at radius 1 is 1.24 bits per heavy atom. The zero-order chi connectivity index (χ0) is 21.2. The minimum atomic E-state index is -4.81. The topological polar surface area (TPSA) is 75.0 Å². The maximum absolute atomic E-state index is 12.4. The van der Waals surface area contributed by atoms with Crippen molar-refractivity contribution in [3.8, 4) is 11.8 Å². The van der Waals surface area contributed by atoms with Crippen LogP contribution in [0.4, 0.5) is 18.3 Å². The van der Waals surface area contributed by atoms with Crippen LogP contribution in [0, 0.1) is 11.3 Å². The fourth-order valence-electron chi connectivity index (χ4n) is 2.24. The van der Waals surface area contributed by atoms with Gasteiger partial charge in [0.05, 0.1) is 10.2 Å². The third kappa shape index (κ3) is 5.38. The summed E-state index contributed by atoms with van der Waals surface area (Å²) in [6.07, 6.45) is -3.53. The van der Waals surface area contributed by atoms with E-state index in [-0.39, 0.29) is 15.7 Å². The summed E-state index contributed by atoms with van der Waals surface area (Å²) in [4.78, 5) is 16.5. The first kappa shape index (κ1) is 20.9. The van der Waals surface area contributed by atoms with Gasteiger partial charge in [-0.1, -0.05) is 40.6 Å². The molecular weight excluding hydrogens is 450 g/mol. The number of rotatable bonds is 4. The van der Waals surface area contributed by atoms with Crippen LogP contribution in [0.15, 0.2) is 42.0 Å². The lowest BCUT2D eigenvalue weighted by Crippen LogP contribution is -2.16. The van der Waals surface area contributed by atoms with Crippen LogP contribution < -0.4 is 10.1 Å². The van der Waals surface area contributed by atoms with E-state index in [0.717, 1.165) is 23.5 Å².